The van der Waals surface area contributed by atoms with E-state index in [1.54, 1.807) is 6.08 Å². The van der Waals surface area contributed by atoms with Crippen LogP contribution in [0.25, 0.3) is 0 Å². The Hall–Kier alpha value is -0.830. The zero-order chi connectivity index (χ0) is 8.69. The summed E-state index contributed by atoms with van der Waals surface area (Å²) in [4.78, 5) is 11.0. The van der Waals surface area contributed by atoms with E-state index >= 15 is 0 Å². The van der Waals surface area contributed by atoms with Gasteiger partial charge in [0.1, 0.15) is 0 Å². The summed E-state index contributed by atoms with van der Waals surface area (Å²) in [5.41, 5.74) is 0. The Morgan fingerprint density at radius 1 is 1.82 bits per heavy atom. The summed E-state index contributed by atoms with van der Waals surface area (Å²) < 4.78 is 0. The maximum atomic E-state index is 11.0. The van der Waals surface area contributed by atoms with Crippen LogP contribution < -0.4 is 5.32 Å². The molecule has 0 fully saturated rings. The number of aliphatic hydroxyl groups is 1. The van der Waals surface area contributed by atoms with Crippen LogP contribution in [0.4, 0.5) is 0 Å². The van der Waals surface area contributed by atoms with Gasteiger partial charge < -0.3 is 10.4 Å². The fraction of sp³-hybridized carbons (Fsp3) is 0.625. The van der Waals surface area contributed by atoms with E-state index in [4.69, 9.17) is 5.11 Å². The molecule has 64 valence electrons. The van der Waals surface area contributed by atoms with Crippen molar-refractivity contribution in [2.45, 2.75) is 13.3 Å². The van der Waals surface area contributed by atoms with Crippen molar-refractivity contribution in [2.24, 2.45) is 5.92 Å². The molecule has 0 aliphatic rings. The van der Waals surface area contributed by atoms with E-state index in [0.717, 1.165) is 0 Å². The first-order valence-corrected chi connectivity index (χ1v) is 3.71. The molecule has 0 bridgehead atoms. The molecule has 0 radical (unpaired) electrons. The molecule has 0 heterocycles. The fourth-order valence-electron chi connectivity index (χ4n) is 0.710. The SMILES string of the molecule is C=CCC(C)C(=O)NCCO. The standard InChI is InChI=1S/C8H15NO2/c1-3-4-7(2)8(11)9-5-6-10/h3,7,10H,1,4-6H2,2H3,(H,9,11). The molecule has 3 nitrogen and oxygen atoms in total. The first-order valence-electron chi connectivity index (χ1n) is 3.71. The van der Waals surface area contributed by atoms with Gasteiger partial charge in [-0.2, -0.15) is 0 Å². The van der Waals surface area contributed by atoms with Gasteiger partial charge in [-0.25, -0.2) is 0 Å². The molecule has 11 heavy (non-hydrogen) atoms. The van der Waals surface area contributed by atoms with Crippen LogP contribution in [-0.4, -0.2) is 24.2 Å². The van der Waals surface area contributed by atoms with Gasteiger partial charge in [0.05, 0.1) is 6.61 Å². The monoisotopic (exact) mass is 157 g/mol. The fourth-order valence-corrected chi connectivity index (χ4v) is 0.710. The number of hydrogen-bond acceptors (Lipinski definition) is 2. The normalized spacial score (nSPS) is 12.2. The molecule has 0 aromatic heterocycles. The van der Waals surface area contributed by atoms with Crippen LogP contribution in [0.5, 0.6) is 0 Å². The summed E-state index contributed by atoms with van der Waals surface area (Å²) in [6.45, 7) is 5.69. The maximum Gasteiger partial charge on any atom is 0.223 e. The highest BCUT2D eigenvalue weighted by atomic mass is 16.3. The number of carbonyl (C=O) groups is 1. The molecule has 1 atom stereocenters. The molecule has 0 rings (SSSR count). The van der Waals surface area contributed by atoms with Gasteiger partial charge in [-0.05, 0) is 6.42 Å². The van der Waals surface area contributed by atoms with Gasteiger partial charge >= 0.3 is 0 Å². The molecular weight excluding hydrogens is 142 g/mol. The van der Waals surface area contributed by atoms with Gasteiger partial charge in [-0.3, -0.25) is 4.79 Å². The highest BCUT2D eigenvalue weighted by Crippen LogP contribution is 2.00. The molecule has 0 saturated carbocycles. The third-order valence-corrected chi connectivity index (χ3v) is 1.38. The Labute approximate surface area is 67.1 Å². The zero-order valence-electron chi connectivity index (χ0n) is 6.84. The second kappa shape index (κ2) is 5.92. The topological polar surface area (TPSA) is 49.3 Å². The number of rotatable bonds is 5. The van der Waals surface area contributed by atoms with Crippen LogP contribution in [-0.2, 0) is 4.79 Å². The molecule has 0 saturated heterocycles. The van der Waals surface area contributed by atoms with Crippen LogP contribution in [0, 0.1) is 5.92 Å². The lowest BCUT2D eigenvalue weighted by Crippen LogP contribution is -2.31. The molecule has 0 spiro atoms. The molecule has 2 N–H and O–H groups in total. The van der Waals surface area contributed by atoms with Gasteiger partial charge in [-0.15, -0.1) is 6.58 Å². The summed E-state index contributed by atoms with van der Waals surface area (Å²) in [7, 11) is 0. The van der Waals surface area contributed by atoms with E-state index in [1.165, 1.54) is 0 Å². The smallest absolute Gasteiger partial charge is 0.223 e. The van der Waals surface area contributed by atoms with Gasteiger partial charge in [0, 0.05) is 12.5 Å². The minimum atomic E-state index is -0.0425. The molecule has 0 aliphatic heterocycles. The third-order valence-electron chi connectivity index (χ3n) is 1.38. The largest absolute Gasteiger partial charge is 0.395 e. The molecule has 0 aliphatic carbocycles. The van der Waals surface area contributed by atoms with Crippen molar-refractivity contribution in [2.75, 3.05) is 13.2 Å². The Balaban J connectivity index is 3.54. The van der Waals surface area contributed by atoms with E-state index < -0.39 is 0 Å². The second-order valence-electron chi connectivity index (χ2n) is 2.44. The summed E-state index contributed by atoms with van der Waals surface area (Å²) in [5, 5.41) is 11.0. The molecule has 0 aromatic carbocycles. The molecule has 3 heteroatoms. The summed E-state index contributed by atoms with van der Waals surface area (Å²) >= 11 is 0. The lowest BCUT2D eigenvalue weighted by atomic mass is 10.1. The predicted molar refractivity (Wildman–Crippen MR) is 44.1 cm³/mol. The van der Waals surface area contributed by atoms with E-state index in [-0.39, 0.29) is 18.4 Å². The van der Waals surface area contributed by atoms with Crippen LogP contribution in [0.3, 0.4) is 0 Å². The average molecular weight is 157 g/mol. The Morgan fingerprint density at radius 2 is 2.45 bits per heavy atom. The van der Waals surface area contributed by atoms with Crippen molar-refractivity contribution in [1.82, 2.24) is 5.32 Å². The van der Waals surface area contributed by atoms with Crippen molar-refractivity contribution in [3.63, 3.8) is 0 Å². The lowest BCUT2D eigenvalue weighted by molar-refractivity contribution is -0.124. The molecule has 1 amide bonds. The summed E-state index contributed by atoms with van der Waals surface area (Å²) in [6, 6.07) is 0. The van der Waals surface area contributed by atoms with Crippen molar-refractivity contribution < 1.29 is 9.90 Å². The number of hydrogen-bond donors (Lipinski definition) is 2. The second-order valence-corrected chi connectivity index (χ2v) is 2.44. The first-order chi connectivity index (χ1) is 5.22. The van der Waals surface area contributed by atoms with Gasteiger partial charge in [0.2, 0.25) is 5.91 Å². The summed E-state index contributed by atoms with van der Waals surface area (Å²) in [6.07, 6.45) is 2.39. The average Bonchev–Trinajstić information content (AvgIpc) is 2.00. The van der Waals surface area contributed by atoms with Crippen molar-refractivity contribution >= 4 is 5.91 Å². The van der Waals surface area contributed by atoms with Crippen LogP contribution >= 0.6 is 0 Å². The molecular formula is C8H15NO2. The minimum Gasteiger partial charge on any atom is -0.395 e. The van der Waals surface area contributed by atoms with Gasteiger partial charge in [0.15, 0.2) is 0 Å². The van der Waals surface area contributed by atoms with Crippen molar-refractivity contribution in [3.05, 3.63) is 12.7 Å². The summed E-state index contributed by atoms with van der Waals surface area (Å²) in [5.74, 6) is -0.0713. The Morgan fingerprint density at radius 3 is 2.91 bits per heavy atom. The number of nitrogens with one attached hydrogen (secondary N) is 1. The highest BCUT2D eigenvalue weighted by Gasteiger charge is 2.08. The van der Waals surface area contributed by atoms with Gasteiger partial charge in [-0.1, -0.05) is 13.0 Å². The first kappa shape index (κ1) is 10.2. The van der Waals surface area contributed by atoms with Crippen LogP contribution in [0.2, 0.25) is 0 Å². The molecule has 1 unspecified atom stereocenters. The Kier molecular flexibility index (Phi) is 5.47. The van der Waals surface area contributed by atoms with E-state index in [9.17, 15) is 4.79 Å². The predicted octanol–water partition coefficient (Wildman–Crippen LogP) is 0.307. The van der Waals surface area contributed by atoms with Crippen LogP contribution in [0.1, 0.15) is 13.3 Å². The zero-order valence-corrected chi connectivity index (χ0v) is 6.84. The number of allylic oxidation sites excluding steroid dienone is 1. The quantitative estimate of drug-likeness (QED) is 0.564. The van der Waals surface area contributed by atoms with Gasteiger partial charge in [0.25, 0.3) is 0 Å². The van der Waals surface area contributed by atoms with E-state index in [1.807, 2.05) is 6.92 Å². The highest BCUT2D eigenvalue weighted by molar-refractivity contribution is 5.78. The number of aliphatic hydroxyl groups excluding tert-OH is 1. The van der Waals surface area contributed by atoms with Crippen molar-refractivity contribution in [1.29, 1.82) is 0 Å². The maximum absolute atomic E-state index is 11.0. The van der Waals surface area contributed by atoms with E-state index in [2.05, 4.69) is 11.9 Å². The van der Waals surface area contributed by atoms with Crippen LogP contribution in [0.15, 0.2) is 12.7 Å². The molecule has 0 aromatic rings. The number of carbonyl (C=O) groups excluding carboxylic acids is 1. The number of amides is 1. The Bertz CT molecular complexity index is 134. The third kappa shape index (κ3) is 4.56. The lowest BCUT2D eigenvalue weighted by Gasteiger charge is -2.08. The minimum absolute atomic E-state index is 0.00739. The van der Waals surface area contributed by atoms with E-state index in [0.29, 0.717) is 13.0 Å². The van der Waals surface area contributed by atoms with Crippen molar-refractivity contribution in [3.8, 4) is 0 Å².